The monoisotopic (exact) mass is 240 g/mol. The summed E-state index contributed by atoms with van der Waals surface area (Å²) >= 11 is 0. The Morgan fingerprint density at radius 1 is 1.17 bits per heavy atom. The van der Waals surface area contributed by atoms with E-state index < -0.39 is 0 Å². The zero-order valence-electron chi connectivity index (χ0n) is 9.67. The molecule has 0 unspecified atom stereocenters. The number of ether oxygens (including phenoxy) is 1. The van der Waals surface area contributed by atoms with E-state index in [0.717, 1.165) is 16.7 Å². The number of aromatic nitrogens is 1. The van der Waals surface area contributed by atoms with Gasteiger partial charge in [-0.3, -0.25) is 4.98 Å². The molecule has 4 nitrogen and oxygen atoms in total. The number of hydrogen-bond acceptors (Lipinski definition) is 4. The third-order valence-corrected chi connectivity index (χ3v) is 2.74. The van der Waals surface area contributed by atoms with Crippen LogP contribution in [0.1, 0.15) is 5.76 Å². The fourth-order valence-electron chi connectivity index (χ4n) is 1.82. The minimum atomic E-state index is 0.364. The van der Waals surface area contributed by atoms with Crippen molar-refractivity contribution in [2.45, 2.75) is 6.61 Å². The van der Waals surface area contributed by atoms with Gasteiger partial charge in [0.15, 0.2) is 0 Å². The van der Waals surface area contributed by atoms with Crippen LogP contribution in [0.5, 0.6) is 5.75 Å². The van der Waals surface area contributed by atoms with Crippen LogP contribution >= 0.6 is 0 Å². The second kappa shape index (κ2) is 4.41. The van der Waals surface area contributed by atoms with Crippen molar-refractivity contribution < 1.29 is 9.15 Å². The first-order chi connectivity index (χ1) is 8.84. The highest BCUT2D eigenvalue weighted by molar-refractivity contribution is 5.93. The molecule has 0 aliphatic heterocycles. The zero-order chi connectivity index (χ0) is 12.4. The van der Waals surface area contributed by atoms with Crippen molar-refractivity contribution in [1.82, 2.24) is 4.98 Å². The van der Waals surface area contributed by atoms with Gasteiger partial charge in [-0.1, -0.05) is 0 Å². The van der Waals surface area contributed by atoms with E-state index in [4.69, 9.17) is 14.9 Å². The number of hydrogen-bond donors (Lipinski definition) is 1. The molecule has 0 aliphatic rings. The Bertz CT molecular complexity index is 663. The molecule has 0 atom stereocenters. The third kappa shape index (κ3) is 1.88. The van der Waals surface area contributed by atoms with Crippen molar-refractivity contribution >= 4 is 16.6 Å². The third-order valence-electron chi connectivity index (χ3n) is 2.74. The summed E-state index contributed by atoms with van der Waals surface area (Å²) in [5.41, 5.74) is 7.53. The summed E-state index contributed by atoms with van der Waals surface area (Å²) < 4.78 is 10.8. The molecule has 2 N–H and O–H groups in total. The number of anilines is 1. The van der Waals surface area contributed by atoms with E-state index in [0.29, 0.717) is 18.0 Å². The lowest BCUT2D eigenvalue weighted by Gasteiger charge is -2.09. The van der Waals surface area contributed by atoms with Gasteiger partial charge in [0.1, 0.15) is 18.1 Å². The Morgan fingerprint density at radius 2 is 2.11 bits per heavy atom. The molecule has 3 aromatic rings. The van der Waals surface area contributed by atoms with Gasteiger partial charge in [-0.2, -0.15) is 0 Å². The van der Waals surface area contributed by atoms with Gasteiger partial charge in [0.05, 0.1) is 17.5 Å². The van der Waals surface area contributed by atoms with E-state index in [1.807, 2.05) is 36.4 Å². The molecule has 0 aliphatic carbocycles. The second-order valence-corrected chi connectivity index (χ2v) is 3.92. The Balaban J connectivity index is 1.90. The van der Waals surface area contributed by atoms with Crippen molar-refractivity contribution in [3.63, 3.8) is 0 Å². The molecule has 90 valence electrons. The Labute approximate surface area is 104 Å². The number of rotatable bonds is 3. The van der Waals surface area contributed by atoms with Crippen LogP contribution in [0.25, 0.3) is 10.9 Å². The van der Waals surface area contributed by atoms with Gasteiger partial charge in [0, 0.05) is 11.6 Å². The summed E-state index contributed by atoms with van der Waals surface area (Å²) in [4.78, 5) is 4.24. The molecule has 3 rings (SSSR count). The van der Waals surface area contributed by atoms with E-state index in [-0.39, 0.29) is 0 Å². The minimum absolute atomic E-state index is 0.364. The quantitative estimate of drug-likeness (QED) is 0.715. The van der Waals surface area contributed by atoms with Crippen molar-refractivity contribution in [1.29, 1.82) is 0 Å². The summed E-state index contributed by atoms with van der Waals surface area (Å²) in [6, 6.07) is 11.2. The molecular weight excluding hydrogens is 228 g/mol. The van der Waals surface area contributed by atoms with Gasteiger partial charge in [0.25, 0.3) is 0 Å². The molecule has 0 spiro atoms. The maximum Gasteiger partial charge on any atom is 0.146 e. The highest BCUT2D eigenvalue weighted by Gasteiger charge is 2.06. The first-order valence-electron chi connectivity index (χ1n) is 5.63. The molecule has 0 bridgehead atoms. The van der Waals surface area contributed by atoms with Gasteiger partial charge < -0.3 is 14.9 Å². The van der Waals surface area contributed by atoms with Crippen LogP contribution in [0.4, 0.5) is 5.69 Å². The molecule has 2 aromatic heterocycles. The van der Waals surface area contributed by atoms with Gasteiger partial charge >= 0.3 is 0 Å². The second-order valence-electron chi connectivity index (χ2n) is 3.92. The lowest BCUT2D eigenvalue weighted by Crippen LogP contribution is -1.98. The van der Waals surface area contributed by atoms with Gasteiger partial charge in [-0.05, 0) is 36.4 Å². The highest BCUT2D eigenvalue weighted by atomic mass is 16.5. The zero-order valence-corrected chi connectivity index (χ0v) is 9.67. The maximum atomic E-state index is 6.06. The Morgan fingerprint density at radius 3 is 2.94 bits per heavy atom. The molecule has 0 amide bonds. The predicted octanol–water partition coefficient (Wildman–Crippen LogP) is 2.99. The minimum Gasteiger partial charge on any atom is -0.483 e. The topological polar surface area (TPSA) is 61.3 Å². The first-order valence-corrected chi connectivity index (χ1v) is 5.63. The molecule has 18 heavy (non-hydrogen) atoms. The summed E-state index contributed by atoms with van der Waals surface area (Å²) in [7, 11) is 0. The van der Waals surface area contributed by atoms with Crippen LogP contribution in [0.15, 0.2) is 53.3 Å². The van der Waals surface area contributed by atoms with Crippen LogP contribution < -0.4 is 10.5 Å². The van der Waals surface area contributed by atoms with Crippen LogP contribution in [-0.4, -0.2) is 4.98 Å². The molecule has 0 saturated heterocycles. The summed E-state index contributed by atoms with van der Waals surface area (Å²) in [5, 5.41) is 0.898. The Kier molecular flexibility index (Phi) is 2.61. The van der Waals surface area contributed by atoms with Crippen LogP contribution in [0.2, 0.25) is 0 Å². The fraction of sp³-hybridized carbons (Fsp3) is 0.0714. The summed E-state index contributed by atoms with van der Waals surface area (Å²) in [6.07, 6.45) is 3.36. The molecule has 1 aromatic carbocycles. The lowest BCUT2D eigenvalue weighted by atomic mass is 10.1. The molecular formula is C14H12N2O2. The number of pyridine rings is 1. The average Bonchev–Trinajstić information content (AvgIpc) is 2.91. The standard InChI is InChI=1S/C14H12N2O2/c15-14-11-4-1-7-16-12(11)5-6-13(14)18-9-10-3-2-8-17-10/h1-8H,9,15H2. The largest absolute Gasteiger partial charge is 0.483 e. The van der Waals surface area contributed by atoms with E-state index in [2.05, 4.69) is 4.98 Å². The Hall–Kier alpha value is -2.49. The first kappa shape index (κ1) is 10.7. The van der Waals surface area contributed by atoms with Crippen molar-refractivity contribution in [3.8, 4) is 5.75 Å². The number of furan rings is 1. The fourth-order valence-corrected chi connectivity index (χ4v) is 1.82. The van der Waals surface area contributed by atoms with Crippen LogP contribution in [0, 0.1) is 0 Å². The van der Waals surface area contributed by atoms with E-state index in [1.54, 1.807) is 12.5 Å². The molecule has 4 heteroatoms. The van der Waals surface area contributed by atoms with Crippen LogP contribution in [-0.2, 0) is 6.61 Å². The number of nitrogen functional groups attached to an aromatic ring is 1. The summed E-state index contributed by atoms with van der Waals surface area (Å²) in [5.74, 6) is 1.41. The molecule has 0 radical (unpaired) electrons. The van der Waals surface area contributed by atoms with Gasteiger partial charge in [0.2, 0.25) is 0 Å². The predicted molar refractivity (Wildman–Crippen MR) is 69.2 cm³/mol. The number of nitrogens with zero attached hydrogens (tertiary/aromatic N) is 1. The SMILES string of the molecule is Nc1c(OCc2ccco2)ccc2ncccc12. The lowest BCUT2D eigenvalue weighted by molar-refractivity contribution is 0.272. The smallest absolute Gasteiger partial charge is 0.146 e. The highest BCUT2D eigenvalue weighted by Crippen LogP contribution is 2.29. The molecule has 0 saturated carbocycles. The number of benzene rings is 1. The van der Waals surface area contributed by atoms with Gasteiger partial charge in [-0.25, -0.2) is 0 Å². The van der Waals surface area contributed by atoms with E-state index >= 15 is 0 Å². The van der Waals surface area contributed by atoms with Crippen molar-refractivity contribution in [3.05, 3.63) is 54.6 Å². The molecule has 2 heterocycles. The number of fused-ring (bicyclic) bond motifs is 1. The maximum absolute atomic E-state index is 6.06. The van der Waals surface area contributed by atoms with E-state index in [9.17, 15) is 0 Å². The van der Waals surface area contributed by atoms with Gasteiger partial charge in [-0.15, -0.1) is 0 Å². The van der Waals surface area contributed by atoms with E-state index in [1.165, 1.54) is 0 Å². The summed E-state index contributed by atoms with van der Waals surface area (Å²) in [6.45, 7) is 0.364. The normalized spacial score (nSPS) is 10.7. The number of nitrogens with two attached hydrogens (primary N) is 1. The van der Waals surface area contributed by atoms with Crippen molar-refractivity contribution in [2.75, 3.05) is 5.73 Å². The molecule has 0 fully saturated rings. The average molecular weight is 240 g/mol. The van der Waals surface area contributed by atoms with Crippen molar-refractivity contribution in [2.24, 2.45) is 0 Å². The van der Waals surface area contributed by atoms with Crippen LogP contribution in [0.3, 0.4) is 0 Å².